The molecular weight excluding hydrogens is 290 g/mol. The summed E-state index contributed by atoms with van der Waals surface area (Å²) in [6.45, 7) is 5.37. The van der Waals surface area contributed by atoms with E-state index in [1.807, 2.05) is 0 Å². The number of carbonyl (C=O) groups excluding carboxylic acids is 1. The first-order valence-corrected chi connectivity index (χ1v) is 7.65. The first-order valence-electron chi connectivity index (χ1n) is 7.27. The number of anilines is 2. The molecule has 0 radical (unpaired) electrons. The molecule has 3 N–H and O–H groups in total. The number of benzene rings is 1. The summed E-state index contributed by atoms with van der Waals surface area (Å²) in [5, 5.41) is 3.28. The lowest BCUT2D eigenvalue weighted by atomic mass is 10.2. The number of rotatable bonds is 5. The van der Waals surface area contributed by atoms with Gasteiger partial charge in [-0.3, -0.25) is 9.69 Å². The molecule has 0 aromatic heterocycles. The van der Waals surface area contributed by atoms with Crippen LogP contribution in [0.15, 0.2) is 18.2 Å². The second-order valence-electron chi connectivity index (χ2n) is 5.24. The van der Waals surface area contributed by atoms with Gasteiger partial charge in [0.1, 0.15) is 0 Å². The Labute approximate surface area is 130 Å². The molecule has 1 aromatic rings. The highest BCUT2D eigenvalue weighted by molar-refractivity contribution is 6.34. The Morgan fingerprint density at radius 3 is 3.10 bits per heavy atom. The van der Waals surface area contributed by atoms with E-state index in [1.54, 1.807) is 18.2 Å². The maximum absolute atomic E-state index is 12.0. The molecule has 5 nitrogen and oxygen atoms in total. The van der Waals surface area contributed by atoms with Crippen LogP contribution in [0.3, 0.4) is 0 Å². The van der Waals surface area contributed by atoms with E-state index in [-0.39, 0.29) is 12.0 Å². The largest absolute Gasteiger partial charge is 0.399 e. The van der Waals surface area contributed by atoms with E-state index >= 15 is 0 Å². The van der Waals surface area contributed by atoms with Crippen LogP contribution < -0.4 is 11.1 Å². The monoisotopic (exact) mass is 311 g/mol. The van der Waals surface area contributed by atoms with Crippen LogP contribution in [0, 0.1) is 0 Å². The van der Waals surface area contributed by atoms with Gasteiger partial charge < -0.3 is 15.8 Å². The van der Waals surface area contributed by atoms with Gasteiger partial charge in [0.25, 0.3) is 0 Å². The molecule has 0 bridgehead atoms. The molecule has 21 heavy (non-hydrogen) atoms. The SMILES string of the molecule is CCC1CN(CCC(=O)Nc2ccc(N)cc2Cl)CCO1. The quantitative estimate of drug-likeness (QED) is 0.819. The van der Waals surface area contributed by atoms with Gasteiger partial charge in [0.15, 0.2) is 0 Å². The van der Waals surface area contributed by atoms with Gasteiger partial charge in [-0.05, 0) is 24.6 Å². The zero-order chi connectivity index (χ0) is 15.2. The van der Waals surface area contributed by atoms with Crippen LogP contribution in [-0.4, -0.2) is 43.2 Å². The number of ether oxygens (including phenoxy) is 1. The van der Waals surface area contributed by atoms with E-state index in [9.17, 15) is 4.79 Å². The van der Waals surface area contributed by atoms with Crippen molar-refractivity contribution in [3.8, 4) is 0 Å². The zero-order valence-corrected chi connectivity index (χ0v) is 13.0. The average Bonchev–Trinajstić information content (AvgIpc) is 2.48. The van der Waals surface area contributed by atoms with Gasteiger partial charge in [-0.25, -0.2) is 0 Å². The third-order valence-corrected chi connectivity index (χ3v) is 3.91. The second-order valence-corrected chi connectivity index (χ2v) is 5.65. The Morgan fingerprint density at radius 1 is 1.57 bits per heavy atom. The summed E-state index contributed by atoms with van der Waals surface area (Å²) in [5.41, 5.74) is 6.81. The Kier molecular flexibility index (Phi) is 5.85. The van der Waals surface area contributed by atoms with E-state index in [4.69, 9.17) is 22.1 Å². The molecule has 6 heteroatoms. The summed E-state index contributed by atoms with van der Waals surface area (Å²) in [6, 6.07) is 5.07. The van der Waals surface area contributed by atoms with E-state index < -0.39 is 0 Å². The Hall–Kier alpha value is -1.30. The van der Waals surface area contributed by atoms with Crippen LogP contribution in [0.25, 0.3) is 0 Å². The van der Waals surface area contributed by atoms with Crippen molar-refractivity contribution in [2.24, 2.45) is 0 Å². The number of hydrogen-bond donors (Lipinski definition) is 2. The lowest BCUT2D eigenvalue weighted by Crippen LogP contribution is -2.43. The maximum Gasteiger partial charge on any atom is 0.225 e. The van der Waals surface area contributed by atoms with Crippen molar-refractivity contribution in [2.45, 2.75) is 25.9 Å². The fraction of sp³-hybridized carbons (Fsp3) is 0.533. The fourth-order valence-corrected chi connectivity index (χ4v) is 2.57. The molecule has 2 rings (SSSR count). The number of amides is 1. The van der Waals surface area contributed by atoms with Crippen LogP contribution in [0.2, 0.25) is 5.02 Å². The van der Waals surface area contributed by atoms with Crippen molar-refractivity contribution >= 4 is 28.9 Å². The topological polar surface area (TPSA) is 67.6 Å². The first-order chi connectivity index (χ1) is 10.1. The number of hydrogen-bond acceptors (Lipinski definition) is 4. The number of morpholine rings is 1. The minimum absolute atomic E-state index is 0.0405. The molecule has 0 aliphatic carbocycles. The molecule has 0 spiro atoms. The first kappa shape index (κ1) is 16.1. The standard InChI is InChI=1S/C15H22ClN3O2/c1-2-12-10-19(7-8-21-12)6-5-15(20)18-14-4-3-11(17)9-13(14)16/h3-4,9,12H,2,5-8,10,17H2,1H3,(H,18,20). The third kappa shape index (κ3) is 4.88. The summed E-state index contributed by atoms with van der Waals surface area (Å²) >= 11 is 6.04. The Morgan fingerprint density at radius 2 is 2.38 bits per heavy atom. The van der Waals surface area contributed by atoms with E-state index in [0.717, 1.165) is 32.7 Å². The summed E-state index contributed by atoms with van der Waals surface area (Å²) < 4.78 is 5.62. The predicted molar refractivity (Wildman–Crippen MR) is 85.6 cm³/mol. The molecule has 1 aliphatic heterocycles. The molecule has 1 heterocycles. The van der Waals surface area contributed by atoms with Crippen LogP contribution in [0.1, 0.15) is 19.8 Å². The Balaban J connectivity index is 1.79. The van der Waals surface area contributed by atoms with Gasteiger partial charge in [0, 0.05) is 31.7 Å². The van der Waals surface area contributed by atoms with Crippen molar-refractivity contribution < 1.29 is 9.53 Å². The van der Waals surface area contributed by atoms with Crippen molar-refractivity contribution in [3.63, 3.8) is 0 Å². The summed E-state index contributed by atoms with van der Waals surface area (Å²) in [6.07, 6.45) is 1.73. The molecule has 1 amide bonds. The predicted octanol–water partition coefficient (Wildman–Crippen LogP) is 2.36. The van der Waals surface area contributed by atoms with Gasteiger partial charge in [0.05, 0.1) is 23.4 Å². The summed E-state index contributed by atoms with van der Waals surface area (Å²) in [7, 11) is 0. The van der Waals surface area contributed by atoms with Crippen LogP contribution >= 0.6 is 11.6 Å². The molecule has 1 aromatic carbocycles. The van der Waals surface area contributed by atoms with Crippen molar-refractivity contribution in [3.05, 3.63) is 23.2 Å². The van der Waals surface area contributed by atoms with Crippen LogP contribution in [0.4, 0.5) is 11.4 Å². The molecule has 1 aliphatic rings. The van der Waals surface area contributed by atoms with E-state index in [2.05, 4.69) is 17.1 Å². The minimum Gasteiger partial charge on any atom is -0.399 e. The lowest BCUT2D eigenvalue weighted by Gasteiger charge is -2.32. The van der Waals surface area contributed by atoms with E-state index in [0.29, 0.717) is 22.8 Å². The number of nitrogen functional groups attached to an aromatic ring is 1. The van der Waals surface area contributed by atoms with Crippen LogP contribution in [0.5, 0.6) is 0 Å². The number of halogens is 1. The average molecular weight is 312 g/mol. The smallest absolute Gasteiger partial charge is 0.225 e. The van der Waals surface area contributed by atoms with Gasteiger partial charge in [-0.15, -0.1) is 0 Å². The molecule has 1 unspecified atom stereocenters. The normalized spacial score (nSPS) is 19.4. The number of nitrogens with one attached hydrogen (secondary N) is 1. The molecule has 0 saturated carbocycles. The van der Waals surface area contributed by atoms with Crippen molar-refractivity contribution in [1.82, 2.24) is 4.90 Å². The highest BCUT2D eigenvalue weighted by Gasteiger charge is 2.19. The molecule has 1 atom stereocenters. The van der Waals surface area contributed by atoms with Gasteiger partial charge in [0.2, 0.25) is 5.91 Å². The van der Waals surface area contributed by atoms with Gasteiger partial charge in [-0.1, -0.05) is 18.5 Å². The molecular formula is C15H22ClN3O2. The summed E-state index contributed by atoms with van der Waals surface area (Å²) in [5.74, 6) is -0.0405. The molecule has 1 saturated heterocycles. The van der Waals surface area contributed by atoms with Crippen molar-refractivity contribution in [1.29, 1.82) is 0 Å². The second kappa shape index (κ2) is 7.64. The van der Waals surface area contributed by atoms with Gasteiger partial charge >= 0.3 is 0 Å². The zero-order valence-electron chi connectivity index (χ0n) is 12.3. The van der Waals surface area contributed by atoms with E-state index in [1.165, 1.54) is 0 Å². The lowest BCUT2D eigenvalue weighted by molar-refractivity contribution is -0.117. The molecule has 1 fully saturated rings. The maximum atomic E-state index is 12.0. The highest BCUT2D eigenvalue weighted by atomic mass is 35.5. The molecule has 116 valence electrons. The third-order valence-electron chi connectivity index (χ3n) is 3.60. The fourth-order valence-electron chi connectivity index (χ4n) is 2.34. The number of nitrogens with zero attached hydrogens (tertiary/aromatic N) is 1. The highest BCUT2D eigenvalue weighted by Crippen LogP contribution is 2.24. The Bertz CT molecular complexity index is 496. The summed E-state index contributed by atoms with van der Waals surface area (Å²) in [4.78, 5) is 14.3. The van der Waals surface area contributed by atoms with Crippen LogP contribution in [-0.2, 0) is 9.53 Å². The van der Waals surface area contributed by atoms with Gasteiger partial charge in [-0.2, -0.15) is 0 Å². The van der Waals surface area contributed by atoms with Crippen molar-refractivity contribution in [2.75, 3.05) is 37.3 Å². The number of carbonyl (C=O) groups is 1. The minimum atomic E-state index is -0.0405. The number of nitrogens with two attached hydrogens (primary N) is 1.